The van der Waals surface area contributed by atoms with Crippen molar-refractivity contribution in [1.29, 1.82) is 0 Å². The van der Waals surface area contributed by atoms with Gasteiger partial charge < -0.3 is 4.98 Å². The van der Waals surface area contributed by atoms with E-state index in [1.165, 1.54) is 36.0 Å². The van der Waals surface area contributed by atoms with Crippen molar-refractivity contribution in [3.8, 4) is 0 Å². The lowest BCUT2D eigenvalue weighted by atomic mass is 9.68. The predicted octanol–water partition coefficient (Wildman–Crippen LogP) is 5.27. The van der Waals surface area contributed by atoms with Gasteiger partial charge >= 0.3 is 11.0 Å². The average Bonchev–Trinajstić information content (AvgIpc) is 3.58. The van der Waals surface area contributed by atoms with Gasteiger partial charge in [0.2, 0.25) is 11.8 Å². The molecule has 2 aliphatic carbocycles. The zero-order chi connectivity index (χ0) is 25.8. The van der Waals surface area contributed by atoms with Gasteiger partial charge in [0, 0.05) is 16.0 Å². The van der Waals surface area contributed by atoms with Crippen molar-refractivity contribution in [1.82, 2.24) is 4.98 Å². The largest absolute Gasteiger partial charge is 0.416 e. The monoisotopic (exact) mass is 546 g/mol. The van der Waals surface area contributed by atoms with Crippen LogP contribution in [0.1, 0.15) is 28.3 Å². The van der Waals surface area contributed by atoms with Gasteiger partial charge in [0.05, 0.1) is 28.1 Å². The van der Waals surface area contributed by atoms with E-state index in [0.717, 1.165) is 43.8 Å². The number of hydrogen-bond donors (Lipinski definition) is 1. The van der Waals surface area contributed by atoms with Crippen LogP contribution in [0.2, 0.25) is 0 Å². The summed E-state index contributed by atoms with van der Waals surface area (Å²) in [7, 11) is 0. The normalized spacial score (nSPS) is 32.0. The first-order valence-corrected chi connectivity index (χ1v) is 13.5. The minimum atomic E-state index is -4.60. The number of nitrogens with zero attached hydrogens (tertiary/aromatic N) is 1. The van der Waals surface area contributed by atoms with Gasteiger partial charge in [0.1, 0.15) is 5.82 Å². The second-order valence-electron chi connectivity index (χ2n) is 10.1. The lowest BCUT2D eigenvalue weighted by Gasteiger charge is -2.43. The van der Waals surface area contributed by atoms with Gasteiger partial charge in [-0.15, -0.1) is 11.8 Å². The van der Waals surface area contributed by atoms with Crippen molar-refractivity contribution < 1.29 is 27.2 Å². The zero-order valence-electron chi connectivity index (χ0n) is 18.9. The first-order chi connectivity index (χ1) is 17.6. The van der Waals surface area contributed by atoms with Crippen LogP contribution >= 0.6 is 23.1 Å². The summed E-state index contributed by atoms with van der Waals surface area (Å²) in [6.45, 7) is 0. The number of imide groups is 1. The molecule has 7 rings (SSSR count). The van der Waals surface area contributed by atoms with Crippen molar-refractivity contribution in [3.05, 3.63) is 80.0 Å². The quantitative estimate of drug-likeness (QED) is 0.351. The van der Waals surface area contributed by atoms with Gasteiger partial charge in [-0.1, -0.05) is 29.5 Å². The highest BCUT2D eigenvalue weighted by Crippen LogP contribution is 2.68. The van der Waals surface area contributed by atoms with Crippen molar-refractivity contribution >= 4 is 40.6 Å². The Morgan fingerprint density at radius 1 is 0.946 bits per heavy atom. The Kier molecular flexibility index (Phi) is 4.89. The van der Waals surface area contributed by atoms with E-state index in [4.69, 9.17) is 0 Å². The van der Waals surface area contributed by atoms with Crippen molar-refractivity contribution in [3.63, 3.8) is 0 Å². The number of nitrogens with one attached hydrogen (secondary N) is 1. The number of carbonyl (C=O) groups is 2. The van der Waals surface area contributed by atoms with Crippen LogP contribution in [-0.4, -0.2) is 22.0 Å². The van der Waals surface area contributed by atoms with Crippen LogP contribution in [0.25, 0.3) is 0 Å². The smallest absolute Gasteiger partial charge is 0.307 e. The third-order valence-corrected chi connectivity index (χ3v) is 11.0. The Balaban J connectivity index is 1.30. The SMILES string of the molecule is O=C1[C@@H]2[C@H]3C[C@@H]([C@@H]4Sc5[nH]c(=O)sc5[C@@H](c5ccc(F)cc5)[C@H]34)[C@H]2C(=O)N1c1cccc(C(F)(F)F)c1. The Bertz CT molecular complexity index is 1510. The molecule has 190 valence electrons. The number of anilines is 1. The lowest BCUT2D eigenvalue weighted by Crippen LogP contribution is -2.42. The Hall–Kier alpha value is -2.92. The molecule has 7 atom stereocenters. The van der Waals surface area contributed by atoms with Crippen LogP contribution in [0, 0.1) is 35.4 Å². The number of halogens is 4. The summed E-state index contributed by atoms with van der Waals surface area (Å²) in [6, 6.07) is 10.5. The molecule has 0 spiro atoms. The molecule has 3 fully saturated rings. The van der Waals surface area contributed by atoms with Crippen molar-refractivity contribution in [2.45, 2.75) is 28.8 Å². The van der Waals surface area contributed by atoms with Gasteiger partial charge in [0.25, 0.3) is 0 Å². The number of aromatic amines is 1. The van der Waals surface area contributed by atoms with E-state index < -0.39 is 35.4 Å². The zero-order valence-corrected chi connectivity index (χ0v) is 20.5. The summed E-state index contributed by atoms with van der Waals surface area (Å²) in [5.74, 6) is -3.19. The number of carbonyl (C=O) groups excluding carboxylic acids is 2. The molecule has 5 nitrogen and oxygen atoms in total. The van der Waals surface area contributed by atoms with E-state index in [2.05, 4.69) is 4.98 Å². The molecule has 2 amide bonds. The molecule has 2 saturated carbocycles. The number of amides is 2. The highest BCUT2D eigenvalue weighted by Gasteiger charge is 2.69. The third-order valence-electron chi connectivity index (χ3n) is 8.38. The van der Waals surface area contributed by atoms with Crippen molar-refractivity contribution in [2.24, 2.45) is 29.6 Å². The van der Waals surface area contributed by atoms with Crippen LogP contribution in [0.15, 0.2) is 58.4 Å². The maximum absolute atomic E-state index is 13.7. The number of benzene rings is 2. The molecule has 1 N–H and O–H groups in total. The van der Waals surface area contributed by atoms with Crippen LogP contribution < -0.4 is 9.77 Å². The molecular weight excluding hydrogens is 528 g/mol. The fourth-order valence-electron chi connectivity index (χ4n) is 7.14. The summed E-state index contributed by atoms with van der Waals surface area (Å²) < 4.78 is 53.7. The third kappa shape index (κ3) is 3.26. The van der Waals surface area contributed by atoms with Crippen LogP contribution in [0.3, 0.4) is 0 Å². The molecule has 0 unspecified atom stereocenters. The molecular formula is C26H18F4N2O3S2. The molecule has 4 aliphatic rings. The van der Waals surface area contributed by atoms with Gasteiger partial charge in [0.15, 0.2) is 0 Å². The van der Waals surface area contributed by atoms with E-state index >= 15 is 0 Å². The first kappa shape index (κ1) is 23.2. The maximum Gasteiger partial charge on any atom is 0.416 e. The predicted molar refractivity (Wildman–Crippen MR) is 129 cm³/mol. The highest BCUT2D eigenvalue weighted by molar-refractivity contribution is 8.00. The Labute approximate surface area is 215 Å². The minimum Gasteiger partial charge on any atom is -0.307 e. The lowest BCUT2D eigenvalue weighted by molar-refractivity contribution is -0.137. The molecule has 2 bridgehead atoms. The summed E-state index contributed by atoms with van der Waals surface area (Å²) >= 11 is 2.63. The van der Waals surface area contributed by atoms with E-state index in [1.807, 2.05) is 0 Å². The van der Waals surface area contributed by atoms with Gasteiger partial charge in [-0.25, -0.2) is 4.39 Å². The highest BCUT2D eigenvalue weighted by atomic mass is 32.2. The number of rotatable bonds is 2. The number of hydrogen-bond acceptors (Lipinski definition) is 5. The molecule has 1 saturated heterocycles. The molecule has 3 heterocycles. The van der Waals surface area contributed by atoms with Gasteiger partial charge in [-0.05, 0) is 60.1 Å². The van der Waals surface area contributed by atoms with E-state index in [9.17, 15) is 31.9 Å². The number of fused-ring (bicyclic) bond motifs is 9. The molecule has 37 heavy (non-hydrogen) atoms. The molecule has 3 aromatic rings. The Morgan fingerprint density at radius 3 is 2.35 bits per heavy atom. The second-order valence-corrected chi connectivity index (χ2v) is 12.3. The van der Waals surface area contributed by atoms with Gasteiger partial charge in [-0.3, -0.25) is 19.3 Å². The standard InChI is InChI=1S/C26H18F4N2O3S2/c27-12-6-4-10(5-7-12)16-17-14-9-15(20(17)36-22-21(16)37-25(35)31-22)19-18(14)23(33)32(24(19)34)13-3-1-2-11(8-13)26(28,29)30/h1-8,14-20H,9H2,(H,31,35)/t14-,15+,16-,17-,18+,19+,20-/m0/s1. The van der Waals surface area contributed by atoms with Crippen molar-refractivity contribution in [2.75, 3.05) is 4.90 Å². The summed E-state index contributed by atoms with van der Waals surface area (Å²) in [5.41, 5.74) is -0.142. The number of thioether (sulfide) groups is 1. The average molecular weight is 547 g/mol. The summed E-state index contributed by atoms with van der Waals surface area (Å²) in [6.07, 6.45) is -3.94. The summed E-state index contributed by atoms with van der Waals surface area (Å²) in [4.78, 5) is 44.0. The topological polar surface area (TPSA) is 70.2 Å². The van der Waals surface area contributed by atoms with Crippen LogP contribution in [0.5, 0.6) is 0 Å². The van der Waals surface area contributed by atoms with E-state index in [-0.39, 0.29) is 45.3 Å². The van der Waals surface area contributed by atoms with Crippen LogP contribution in [0.4, 0.5) is 23.2 Å². The fourth-order valence-corrected chi connectivity index (χ4v) is 10.0. The molecule has 11 heteroatoms. The van der Waals surface area contributed by atoms with E-state index in [0.29, 0.717) is 6.42 Å². The number of thiazole rings is 1. The van der Waals surface area contributed by atoms with Gasteiger partial charge in [-0.2, -0.15) is 13.2 Å². The fraction of sp³-hybridized carbons (Fsp3) is 0.346. The van der Waals surface area contributed by atoms with Crippen LogP contribution in [-0.2, 0) is 15.8 Å². The number of alkyl halides is 3. The maximum atomic E-state index is 13.7. The minimum absolute atomic E-state index is 0.0581. The molecule has 2 aliphatic heterocycles. The summed E-state index contributed by atoms with van der Waals surface area (Å²) in [5, 5.41) is 0.679. The van der Waals surface area contributed by atoms with E-state index in [1.54, 1.807) is 12.1 Å². The Morgan fingerprint density at radius 2 is 1.65 bits per heavy atom. The second kappa shape index (κ2) is 7.80. The number of H-pyrrole nitrogens is 1. The molecule has 2 aromatic carbocycles. The number of aromatic nitrogens is 1. The first-order valence-electron chi connectivity index (χ1n) is 11.8. The molecule has 0 radical (unpaired) electrons. The molecule has 1 aromatic heterocycles.